The highest BCUT2D eigenvalue weighted by Gasteiger charge is 2.31. The van der Waals surface area contributed by atoms with E-state index in [9.17, 15) is 13.2 Å². The molecule has 0 unspecified atom stereocenters. The van der Waals surface area contributed by atoms with E-state index >= 15 is 0 Å². The van der Waals surface area contributed by atoms with Crippen molar-refractivity contribution in [3.8, 4) is 5.75 Å². The summed E-state index contributed by atoms with van der Waals surface area (Å²) in [6, 6.07) is 12.9. The number of rotatable bonds is 5. The van der Waals surface area contributed by atoms with Gasteiger partial charge in [0.2, 0.25) is 10.0 Å². The van der Waals surface area contributed by atoms with Crippen LogP contribution in [0.2, 0.25) is 0 Å². The Morgan fingerprint density at radius 2 is 1.76 bits per heavy atom. The van der Waals surface area contributed by atoms with Crippen molar-refractivity contribution in [1.82, 2.24) is 9.21 Å². The minimum Gasteiger partial charge on any atom is -0.492 e. The van der Waals surface area contributed by atoms with Gasteiger partial charge >= 0.3 is 0 Å². The Bertz CT molecular complexity index is 1010. The maximum atomic E-state index is 13.2. The third kappa shape index (κ3) is 3.89. The van der Waals surface area contributed by atoms with E-state index < -0.39 is 10.0 Å². The minimum absolute atomic E-state index is 0.0875. The summed E-state index contributed by atoms with van der Waals surface area (Å²) in [5.41, 5.74) is 2.79. The van der Waals surface area contributed by atoms with Crippen LogP contribution in [0.5, 0.6) is 5.75 Å². The van der Waals surface area contributed by atoms with Crippen molar-refractivity contribution in [3.05, 3.63) is 59.2 Å². The lowest BCUT2D eigenvalue weighted by Crippen LogP contribution is -2.36. The summed E-state index contributed by atoms with van der Waals surface area (Å²) >= 11 is 0. The molecule has 1 saturated heterocycles. The van der Waals surface area contributed by atoms with Crippen LogP contribution in [0, 0.1) is 0 Å². The van der Waals surface area contributed by atoms with E-state index in [1.54, 1.807) is 17.0 Å². The SMILES string of the molecule is CCOc1ccc(C(=O)N2CCc3ccccc3C2)cc1S(=O)(=O)N1CCCC1. The first-order valence-electron chi connectivity index (χ1n) is 10.1. The monoisotopic (exact) mass is 414 g/mol. The lowest BCUT2D eigenvalue weighted by Gasteiger charge is -2.29. The highest BCUT2D eigenvalue weighted by molar-refractivity contribution is 7.89. The van der Waals surface area contributed by atoms with Crippen LogP contribution in [0.3, 0.4) is 0 Å². The number of hydrogen-bond donors (Lipinski definition) is 0. The molecule has 2 aliphatic rings. The molecule has 0 bridgehead atoms. The van der Waals surface area contributed by atoms with E-state index in [2.05, 4.69) is 6.07 Å². The lowest BCUT2D eigenvalue weighted by molar-refractivity contribution is 0.0734. The van der Waals surface area contributed by atoms with Crippen molar-refractivity contribution in [1.29, 1.82) is 0 Å². The second-order valence-electron chi connectivity index (χ2n) is 7.45. The molecule has 0 aliphatic carbocycles. The Hall–Kier alpha value is -2.38. The zero-order valence-corrected chi connectivity index (χ0v) is 17.5. The van der Waals surface area contributed by atoms with Gasteiger partial charge in [0.15, 0.2) is 0 Å². The number of nitrogens with zero attached hydrogens (tertiary/aromatic N) is 2. The second-order valence-corrected chi connectivity index (χ2v) is 9.36. The molecule has 0 aromatic heterocycles. The Labute approximate surface area is 172 Å². The van der Waals surface area contributed by atoms with Crippen LogP contribution in [-0.2, 0) is 23.0 Å². The molecule has 0 radical (unpaired) electrons. The average Bonchev–Trinajstić information content (AvgIpc) is 3.29. The minimum atomic E-state index is -3.69. The van der Waals surface area contributed by atoms with Crippen LogP contribution in [0.15, 0.2) is 47.4 Å². The Kier molecular flexibility index (Phi) is 5.61. The number of amides is 1. The molecule has 2 heterocycles. The molecule has 154 valence electrons. The molecule has 0 saturated carbocycles. The van der Waals surface area contributed by atoms with Crippen molar-refractivity contribution < 1.29 is 17.9 Å². The first-order chi connectivity index (χ1) is 14.0. The van der Waals surface area contributed by atoms with E-state index in [1.807, 2.05) is 25.1 Å². The number of ether oxygens (including phenoxy) is 1. The quantitative estimate of drug-likeness (QED) is 0.754. The van der Waals surface area contributed by atoms with Crippen LogP contribution in [0.1, 0.15) is 41.3 Å². The maximum absolute atomic E-state index is 13.2. The summed E-state index contributed by atoms with van der Waals surface area (Å²) in [5, 5.41) is 0. The van der Waals surface area contributed by atoms with Gasteiger partial charge in [0, 0.05) is 31.7 Å². The molecule has 0 spiro atoms. The highest BCUT2D eigenvalue weighted by Crippen LogP contribution is 2.31. The number of sulfonamides is 1. The molecule has 1 amide bonds. The van der Waals surface area contributed by atoms with Gasteiger partial charge in [0.25, 0.3) is 5.91 Å². The van der Waals surface area contributed by atoms with Crippen LogP contribution in [-0.4, -0.2) is 49.8 Å². The maximum Gasteiger partial charge on any atom is 0.254 e. The van der Waals surface area contributed by atoms with Crippen molar-refractivity contribution in [2.75, 3.05) is 26.2 Å². The zero-order chi connectivity index (χ0) is 20.4. The normalized spacial score (nSPS) is 17.2. The zero-order valence-electron chi connectivity index (χ0n) is 16.6. The van der Waals surface area contributed by atoms with E-state index in [4.69, 9.17) is 4.74 Å². The molecule has 2 aromatic rings. The van der Waals surface area contributed by atoms with Crippen LogP contribution >= 0.6 is 0 Å². The number of hydrogen-bond acceptors (Lipinski definition) is 4. The van der Waals surface area contributed by atoms with Crippen molar-refractivity contribution in [3.63, 3.8) is 0 Å². The number of benzene rings is 2. The summed E-state index contributed by atoms with van der Waals surface area (Å²) in [6.07, 6.45) is 2.52. The lowest BCUT2D eigenvalue weighted by atomic mass is 9.99. The topological polar surface area (TPSA) is 66.9 Å². The molecular weight excluding hydrogens is 388 g/mol. The molecule has 6 nitrogen and oxygen atoms in total. The number of carbonyl (C=O) groups excluding carboxylic acids is 1. The van der Waals surface area contributed by atoms with Crippen molar-refractivity contribution in [2.45, 2.75) is 37.6 Å². The van der Waals surface area contributed by atoms with E-state index in [1.165, 1.54) is 15.9 Å². The first-order valence-corrected chi connectivity index (χ1v) is 11.6. The standard InChI is InChI=1S/C22H26N2O4S/c1-2-28-20-10-9-18(15-21(20)29(26,27)24-12-5-6-13-24)22(25)23-14-11-17-7-3-4-8-19(17)16-23/h3-4,7-10,15H,2,5-6,11-14,16H2,1H3. The summed E-state index contributed by atoms with van der Waals surface area (Å²) in [5.74, 6) is 0.153. The molecule has 0 N–H and O–H groups in total. The summed E-state index contributed by atoms with van der Waals surface area (Å²) in [7, 11) is -3.69. The van der Waals surface area contributed by atoms with E-state index in [-0.39, 0.29) is 10.8 Å². The van der Waals surface area contributed by atoms with E-state index in [0.29, 0.717) is 44.1 Å². The Morgan fingerprint density at radius 3 is 2.48 bits per heavy atom. The van der Waals surface area contributed by atoms with Gasteiger partial charge in [-0.05, 0) is 55.5 Å². The molecule has 4 rings (SSSR count). The van der Waals surface area contributed by atoms with Crippen LogP contribution in [0.25, 0.3) is 0 Å². The van der Waals surface area contributed by atoms with Gasteiger partial charge in [0.1, 0.15) is 10.6 Å². The molecule has 2 aliphatic heterocycles. The first kappa shape index (κ1) is 19.9. The van der Waals surface area contributed by atoms with E-state index in [0.717, 1.165) is 24.8 Å². The number of carbonyl (C=O) groups is 1. The third-order valence-corrected chi connectivity index (χ3v) is 7.51. The molecular formula is C22H26N2O4S. The Balaban J connectivity index is 1.65. The average molecular weight is 415 g/mol. The van der Waals surface area contributed by atoms with Crippen LogP contribution < -0.4 is 4.74 Å². The Morgan fingerprint density at radius 1 is 1.03 bits per heavy atom. The molecule has 0 atom stereocenters. The summed E-state index contributed by atoms with van der Waals surface area (Å²) < 4.78 is 33.4. The van der Waals surface area contributed by atoms with Gasteiger partial charge in [0.05, 0.1) is 6.61 Å². The predicted molar refractivity (Wildman–Crippen MR) is 110 cm³/mol. The van der Waals surface area contributed by atoms with Gasteiger partial charge in [-0.1, -0.05) is 24.3 Å². The largest absolute Gasteiger partial charge is 0.492 e. The van der Waals surface area contributed by atoms with Crippen LogP contribution in [0.4, 0.5) is 0 Å². The number of fused-ring (bicyclic) bond motifs is 1. The van der Waals surface area contributed by atoms with Gasteiger partial charge in [-0.2, -0.15) is 4.31 Å². The smallest absolute Gasteiger partial charge is 0.254 e. The summed E-state index contributed by atoms with van der Waals surface area (Å²) in [6.45, 7) is 4.35. The molecule has 2 aromatic carbocycles. The molecule has 29 heavy (non-hydrogen) atoms. The van der Waals surface area contributed by atoms with Gasteiger partial charge in [-0.3, -0.25) is 4.79 Å². The molecule has 7 heteroatoms. The summed E-state index contributed by atoms with van der Waals surface area (Å²) in [4.78, 5) is 15.0. The molecule has 1 fully saturated rings. The van der Waals surface area contributed by atoms with Gasteiger partial charge < -0.3 is 9.64 Å². The highest BCUT2D eigenvalue weighted by atomic mass is 32.2. The fraction of sp³-hybridized carbons (Fsp3) is 0.409. The fourth-order valence-electron chi connectivity index (χ4n) is 4.04. The predicted octanol–water partition coefficient (Wildman–Crippen LogP) is 3.07. The van der Waals surface area contributed by atoms with Gasteiger partial charge in [-0.25, -0.2) is 8.42 Å². The second kappa shape index (κ2) is 8.16. The van der Waals surface area contributed by atoms with Crippen molar-refractivity contribution >= 4 is 15.9 Å². The fourth-order valence-corrected chi connectivity index (χ4v) is 5.71. The third-order valence-electron chi connectivity index (χ3n) is 5.59. The van der Waals surface area contributed by atoms with Gasteiger partial charge in [-0.15, -0.1) is 0 Å². The van der Waals surface area contributed by atoms with Crippen molar-refractivity contribution in [2.24, 2.45) is 0 Å².